The van der Waals surface area contributed by atoms with Gasteiger partial charge in [0.05, 0.1) is 17.2 Å². The highest BCUT2D eigenvalue weighted by molar-refractivity contribution is 6.13. The Morgan fingerprint density at radius 1 is 0.778 bits per heavy atom. The zero-order valence-electron chi connectivity index (χ0n) is 19.9. The standard InChI is InChI=1S/C32H22FN2O/c1-20-11-13-26-28-16-21(18-34)15-27(24-10-6-9-23(17-24)22-7-4-3-5-8-22)31(28)36-32(26)30(20)29-14-12-25(33)19-35(29)2/h3-17,19H,1-2H3/q+1. The molecule has 0 saturated heterocycles. The highest BCUT2D eigenvalue weighted by atomic mass is 19.1. The first kappa shape index (κ1) is 21.8. The zero-order valence-corrected chi connectivity index (χ0v) is 19.9. The molecule has 0 N–H and O–H groups in total. The van der Waals surface area contributed by atoms with Crippen molar-refractivity contribution >= 4 is 21.9 Å². The summed E-state index contributed by atoms with van der Waals surface area (Å²) in [5.74, 6) is -0.296. The van der Waals surface area contributed by atoms with Crippen LogP contribution in [0.2, 0.25) is 0 Å². The van der Waals surface area contributed by atoms with Gasteiger partial charge in [-0.05, 0) is 53.4 Å². The molecule has 2 aromatic heterocycles. The Labute approximate surface area is 208 Å². The average Bonchev–Trinajstić information content (AvgIpc) is 3.28. The molecule has 0 atom stereocenters. The van der Waals surface area contributed by atoms with Crippen LogP contribution >= 0.6 is 0 Å². The van der Waals surface area contributed by atoms with Gasteiger partial charge in [0, 0.05) is 22.4 Å². The first-order valence-electron chi connectivity index (χ1n) is 11.7. The summed E-state index contributed by atoms with van der Waals surface area (Å²) >= 11 is 0. The van der Waals surface area contributed by atoms with E-state index in [4.69, 9.17) is 4.42 Å². The minimum atomic E-state index is -0.296. The van der Waals surface area contributed by atoms with Crippen LogP contribution < -0.4 is 4.57 Å². The van der Waals surface area contributed by atoms with Crippen molar-refractivity contribution in [3.8, 4) is 39.6 Å². The predicted molar refractivity (Wildman–Crippen MR) is 141 cm³/mol. The maximum atomic E-state index is 13.8. The lowest BCUT2D eigenvalue weighted by Crippen LogP contribution is -2.31. The largest absolute Gasteiger partial charge is 0.454 e. The first-order valence-corrected chi connectivity index (χ1v) is 11.7. The summed E-state index contributed by atoms with van der Waals surface area (Å²) in [5.41, 5.74) is 8.87. The molecule has 4 heteroatoms. The molecule has 0 saturated carbocycles. The molecule has 172 valence electrons. The average molecular weight is 470 g/mol. The van der Waals surface area contributed by atoms with E-state index >= 15 is 0 Å². The highest BCUT2D eigenvalue weighted by Gasteiger charge is 2.23. The number of fused-ring (bicyclic) bond motifs is 3. The van der Waals surface area contributed by atoms with E-state index in [0.717, 1.165) is 61.0 Å². The Bertz CT molecular complexity index is 1830. The molecule has 0 spiro atoms. The lowest BCUT2D eigenvalue weighted by Gasteiger charge is -2.07. The van der Waals surface area contributed by atoms with Crippen LogP contribution in [0.25, 0.3) is 55.4 Å². The monoisotopic (exact) mass is 469 g/mol. The number of aryl methyl sites for hydroxylation is 2. The zero-order chi connectivity index (χ0) is 24.8. The van der Waals surface area contributed by atoms with Crippen molar-refractivity contribution in [2.24, 2.45) is 7.05 Å². The third-order valence-electron chi connectivity index (χ3n) is 6.71. The second-order valence-electron chi connectivity index (χ2n) is 9.04. The van der Waals surface area contributed by atoms with E-state index in [0.29, 0.717) is 5.56 Å². The van der Waals surface area contributed by atoms with Gasteiger partial charge in [-0.3, -0.25) is 0 Å². The summed E-state index contributed by atoms with van der Waals surface area (Å²) < 4.78 is 22.2. The van der Waals surface area contributed by atoms with Crippen molar-refractivity contribution in [2.45, 2.75) is 6.92 Å². The number of hydrogen-bond acceptors (Lipinski definition) is 2. The number of rotatable bonds is 3. The number of nitrogens with zero attached hydrogens (tertiary/aromatic N) is 2. The normalized spacial score (nSPS) is 11.2. The van der Waals surface area contributed by atoms with Crippen molar-refractivity contribution in [1.82, 2.24) is 0 Å². The molecule has 0 amide bonds. The van der Waals surface area contributed by atoms with Crippen LogP contribution in [0.4, 0.5) is 4.39 Å². The maximum Gasteiger partial charge on any atom is 0.216 e. The second-order valence-corrected chi connectivity index (χ2v) is 9.04. The third-order valence-corrected chi connectivity index (χ3v) is 6.71. The summed E-state index contributed by atoms with van der Waals surface area (Å²) in [6.45, 7) is 2.02. The molecule has 0 bridgehead atoms. The smallest absolute Gasteiger partial charge is 0.216 e. The molecule has 3 nitrogen and oxygen atoms in total. The molecule has 6 aromatic rings. The van der Waals surface area contributed by atoms with Gasteiger partial charge in [-0.2, -0.15) is 9.83 Å². The Morgan fingerprint density at radius 3 is 2.33 bits per heavy atom. The maximum absolute atomic E-state index is 13.8. The molecular formula is C32H22FN2O+. The minimum absolute atomic E-state index is 0.296. The predicted octanol–water partition coefficient (Wildman–Crippen LogP) is 7.73. The van der Waals surface area contributed by atoms with Gasteiger partial charge in [-0.15, -0.1) is 0 Å². The molecule has 0 aliphatic heterocycles. The van der Waals surface area contributed by atoms with Gasteiger partial charge in [-0.25, -0.2) is 4.39 Å². The third kappa shape index (κ3) is 3.54. The van der Waals surface area contributed by atoms with Crippen LogP contribution in [0.3, 0.4) is 0 Å². The van der Waals surface area contributed by atoms with Gasteiger partial charge in [-0.1, -0.05) is 60.7 Å². The lowest BCUT2D eigenvalue weighted by molar-refractivity contribution is -0.661. The van der Waals surface area contributed by atoms with E-state index in [2.05, 4.69) is 30.3 Å². The van der Waals surface area contributed by atoms with Crippen molar-refractivity contribution in [2.75, 3.05) is 0 Å². The Hall–Kier alpha value is -4.75. The SMILES string of the molecule is Cc1ccc2c(oc3c(-c4cccc(-c5ccccc5)c4)cc(C#N)cc32)c1-c1ccc(F)c[n+]1C. The molecule has 4 aromatic carbocycles. The first-order chi connectivity index (χ1) is 17.5. The van der Waals surface area contributed by atoms with Gasteiger partial charge in [0.25, 0.3) is 0 Å². The van der Waals surface area contributed by atoms with Crippen molar-refractivity contribution in [3.05, 3.63) is 114 Å². The number of furan rings is 1. The van der Waals surface area contributed by atoms with Crippen LogP contribution in [-0.4, -0.2) is 0 Å². The van der Waals surface area contributed by atoms with Gasteiger partial charge in [0.1, 0.15) is 18.2 Å². The summed E-state index contributed by atoms with van der Waals surface area (Å²) in [6, 6.07) is 31.9. The van der Waals surface area contributed by atoms with Crippen molar-refractivity contribution < 1.29 is 13.4 Å². The summed E-state index contributed by atoms with van der Waals surface area (Å²) in [4.78, 5) is 0. The summed E-state index contributed by atoms with van der Waals surface area (Å²) in [6.07, 6.45) is 1.46. The van der Waals surface area contributed by atoms with E-state index in [1.54, 1.807) is 10.6 Å². The number of aromatic nitrogens is 1. The Kier molecular flexibility index (Phi) is 5.13. The summed E-state index contributed by atoms with van der Waals surface area (Å²) in [7, 11) is 1.83. The number of hydrogen-bond donors (Lipinski definition) is 0. The number of pyridine rings is 1. The van der Waals surface area contributed by atoms with E-state index in [1.165, 1.54) is 12.3 Å². The minimum Gasteiger partial charge on any atom is -0.454 e. The fourth-order valence-corrected chi connectivity index (χ4v) is 4.97. The van der Waals surface area contributed by atoms with Crippen LogP contribution in [0.1, 0.15) is 11.1 Å². The van der Waals surface area contributed by atoms with E-state index in [9.17, 15) is 9.65 Å². The van der Waals surface area contributed by atoms with Gasteiger partial charge in [0.15, 0.2) is 5.82 Å². The Morgan fingerprint density at radius 2 is 1.56 bits per heavy atom. The molecule has 0 radical (unpaired) electrons. The molecule has 0 aliphatic carbocycles. The Balaban J connectivity index is 1.65. The molecule has 0 fully saturated rings. The molecular weight excluding hydrogens is 447 g/mol. The van der Waals surface area contributed by atoms with Crippen LogP contribution in [0.15, 0.2) is 102 Å². The van der Waals surface area contributed by atoms with Crippen molar-refractivity contribution in [3.63, 3.8) is 0 Å². The summed E-state index contributed by atoms with van der Waals surface area (Å²) in [5, 5.41) is 11.6. The topological polar surface area (TPSA) is 40.8 Å². The quantitative estimate of drug-likeness (QED) is 0.249. The van der Waals surface area contributed by atoms with Gasteiger partial charge >= 0.3 is 0 Å². The van der Waals surface area contributed by atoms with Crippen LogP contribution in [0.5, 0.6) is 0 Å². The molecule has 0 unspecified atom stereocenters. The second kappa shape index (κ2) is 8.48. The highest BCUT2D eigenvalue weighted by Crippen LogP contribution is 2.41. The number of benzene rings is 4. The van der Waals surface area contributed by atoms with Crippen molar-refractivity contribution in [1.29, 1.82) is 5.26 Å². The number of halogens is 1. The van der Waals surface area contributed by atoms with Crippen LogP contribution in [-0.2, 0) is 7.05 Å². The van der Waals surface area contributed by atoms with Gasteiger partial charge < -0.3 is 4.42 Å². The van der Waals surface area contributed by atoms with E-state index in [1.807, 2.05) is 68.6 Å². The lowest BCUT2D eigenvalue weighted by atomic mass is 9.95. The van der Waals surface area contributed by atoms with Crippen LogP contribution in [0, 0.1) is 24.1 Å². The fourth-order valence-electron chi connectivity index (χ4n) is 4.97. The van der Waals surface area contributed by atoms with Gasteiger partial charge in [0.2, 0.25) is 11.9 Å². The number of nitriles is 1. The fraction of sp³-hybridized carbons (Fsp3) is 0.0625. The molecule has 0 aliphatic rings. The molecule has 6 rings (SSSR count). The molecule has 36 heavy (non-hydrogen) atoms. The van der Waals surface area contributed by atoms with E-state index in [-0.39, 0.29) is 5.82 Å². The van der Waals surface area contributed by atoms with E-state index < -0.39 is 0 Å². The molecule has 2 heterocycles.